The van der Waals surface area contributed by atoms with E-state index in [4.69, 9.17) is 0 Å². The Bertz CT molecular complexity index is 346. The molecule has 0 amide bonds. The molecule has 1 aromatic heterocycles. The van der Waals surface area contributed by atoms with Crippen LogP contribution in [-0.4, -0.2) is 26.7 Å². The van der Waals surface area contributed by atoms with Gasteiger partial charge in [0.25, 0.3) is 0 Å². The average molecular weight is 225 g/mol. The lowest BCUT2D eigenvalue weighted by molar-refractivity contribution is -0.117. The Kier molecular flexibility index (Phi) is 3.41. The summed E-state index contributed by atoms with van der Waals surface area (Å²) in [6.45, 7) is 1.63. The number of nitrogens with one attached hydrogen (secondary N) is 1. The van der Waals surface area contributed by atoms with Crippen molar-refractivity contribution in [3.63, 3.8) is 0 Å². The predicted octanol–water partition coefficient (Wildman–Crippen LogP) is 2.14. The molecule has 0 bridgehead atoms. The molecule has 1 heterocycles. The summed E-state index contributed by atoms with van der Waals surface area (Å²) in [5.41, 5.74) is 0. The summed E-state index contributed by atoms with van der Waals surface area (Å²) in [5, 5.41) is 7.92. The van der Waals surface area contributed by atoms with Gasteiger partial charge in [-0.2, -0.15) is 0 Å². The zero-order chi connectivity index (χ0) is 10.7. The molecule has 1 saturated carbocycles. The number of hydrogen-bond donors (Lipinski definition) is 1. The van der Waals surface area contributed by atoms with Crippen LogP contribution in [0.15, 0.2) is 5.16 Å². The van der Waals surface area contributed by atoms with E-state index in [9.17, 15) is 4.79 Å². The van der Waals surface area contributed by atoms with Gasteiger partial charge in [-0.25, -0.2) is 4.98 Å². The lowest BCUT2D eigenvalue weighted by Crippen LogP contribution is -1.91. The number of thioether (sulfide) groups is 1. The van der Waals surface area contributed by atoms with Crippen molar-refractivity contribution < 1.29 is 4.79 Å². The fourth-order valence-corrected chi connectivity index (χ4v) is 2.09. The fraction of sp³-hybridized carbons (Fsp3) is 0.700. The molecule has 0 unspecified atom stereocenters. The van der Waals surface area contributed by atoms with Crippen LogP contribution < -0.4 is 0 Å². The number of Topliss-reactive ketones (excluding diaryl/α,β-unsaturated/α-hetero) is 1. The normalized spacial score (nSPS) is 15.5. The summed E-state index contributed by atoms with van der Waals surface area (Å²) < 4.78 is 0. The number of rotatable bonds is 6. The van der Waals surface area contributed by atoms with Gasteiger partial charge in [-0.3, -0.25) is 5.10 Å². The molecule has 4 nitrogen and oxygen atoms in total. The Morgan fingerprint density at radius 1 is 1.60 bits per heavy atom. The zero-order valence-corrected chi connectivity index (χ0v) is 9.64. The highest BCUT2D eigenvalue weighted by atomic mass is 32.2. The summed E-state index contributed by atoms with van der Waals surface area (Å²) >= 11 is 1.62. The Morgan fingerprint density at radius 3 is 3.07 bits per heavy atom. The molecule has 0 aromatic carbocycles. The monoisotopic (exact) mass is 225 g/mol. The van der Waals surface area contributed by atoms with E-state index in [0.717, 1.165) is 23.2 Å². The van der Waals surface area contributed by atoms with E-state index in [1.807, 2.05) is 0 Å². The molecule has 1 aromatic rings. The van der Waals surface area contributed by atoms with Gasteiger partial charge in [-0.1, -0.05) is 11.8 Å². The van der Waals surface area contributed by atoms with Crippen LogP contribution >= 0.6 is 11.8 Å². The first kappa shape index (κ1) is 10.7. The highest BCUT2D eigenvalue weighted by molar-refractivity contribution is 7.99. The van der Waals surface area contributed by atoms with Gasteiger partial charge in [-0.05, 0) is 26.2 Å². The third-order valence-corrected chi connectivity index (χ3v) is 3.28. The minimum atomic E-state index is 0.254. The Hall–Kier alpha value is -0.840. The summed E-state index contributed by atoms with van der Waals surface area (Å²) in [4.78, 5) is 15.1. The van der Waals surface area contributed by atoms with Crippen molar-refractivity contribution in [1.29, 1.82) is 0 Å². The average Bonchev–Trinajstić information content (AvgIpc) is 2.94. The molecule has 1 aliphatic rings. The van der Waals surface area contributed by atoms with E-state index >= 15 is 0 Å². The first-order valence-electron chi connectivity index (χ1n) is 5.30. The molecular formula is C10H15N3OS. The molecule has 0 atom stereocenters. The SMILES string of the molecule is CC(=O)CCCSc1n[nH]c(C2CC2)n1. The van der Waals surface area contributed by atoms with Crippen LogP contribution in [0.2, 0.25) is 0 Å². The summed E-state index contributed by atoms with van der Waals surface area (Å²) in [6, 6.07) is 0. The lowest BCUT2D eigenvalue weighted by atomic mass is 10.3. The summed E-state index contributed by atoms with van der Waals surface area (Å²) in [6.07, 6.45) is 4.05. The summed E-state index contributed by atoms with van der Waals surface area (Å²) in [7, 11) is 0. The maximum absolute atomic E-state index is 10.7. The molecule has 5 heteroatoms. The van der Waals surface area contributed by atoms with E-state index in [-0.39, 0.29) is 5.78 Å². The molecule has 0 aliphatic heterocycles. The molecule has 15 heavy (non-hydrogen) atoms. The lowest BCUT2D eigenvalue weighted by Gasteiger charge is -1.94. The maximum atomic E-state index is 10.7. The van der Waals surface area contributed by atoms with Crippen molar-refractivity contribution in [2.24, 2.45) is 0 Å². The Labute approximate surface area is 93.2 Å². The number of aromatic amines is 1. The van der Waals surface area contributed by atoms with Crippen molar-refractivity contribution in [3.8, 4) is 0 Å². The number of nitrogens with zero attached hydrogens (tertiary/aromatic N) is 2. The van der Waals surface area contributed by atoms with Gasteiger partial charge in [0.2, 0.25) is 5.16 Å². The van der Waals surface area contributed by atoms with Crippen molar-refractivity contribution in [3.05, 3.63) is 5.82 Å². The summed E-state index contributed by atoms with van der Waals surface area (Å²) in [5.74, 6) is 2.83. The van der Waals surface area contributed by atoms with Crippen LogP contribution in [-0.2, 0) is 4.79 Å². The second-order valence-corrected chi connectivity index (χ2v) is 4.99. The molecule has 1 N–H and O–H groups in total. The van der Waals surface area contributed by atoms with Crippen molar-refractivity contribution in [2.45, 2.75) is 43.7 Å². The molecule has 0 radical (unpaired) electrons. The van der Waals surface area contributed by atoms with E-state index in [0.29, 0.717) is 12.3 Å². The highest BCUT2D eigenvalue weighted by Gasteiger charge is 2.27. The van der Waals surface area contributed by atoms with Crippen LogP contribution in [0, 0.1) is 0 Å². The highest BCUT2D eigenvalue weighted by Crippen LogP contribution is 2.38. The van der Waals surface area contributed by atoms with E-state index in [1.54, 1.807) is 18.7 Å². The molecule has 82 valence electrons. The van der Waals surface area contributed by atoms with E-state index < -0.39 is 0 Å². The number of aromatic nitrogens is 3. The number of H-pyrrole nitrogens is 1. The van der Waals surface area contributed by atoms with Crippen molar-refractivity contribution >= 4 is 17.5 Å². The van der Waals surface area contributed by atoms with Crippen LogP contribution in [0.5, 0.6) is 0 Å². The van der Waals surface area contributed by atoms with Gasteiger partial charge < -0.3 is 4.79 Å². The number of carbonyl (C=O) groups excluding carboxylic acids is 1. The first-order valence-corrected chi connectivity index (χ1v) is 6.29. The van der Waals surface area contributed by atoms with E-state index in [2.05, 4.69) is 15.2 Å². The van der Waals surface area contributed by atoms with Crippen LogP contribution in [0.25, 0.3) is 0 Å². The Balaban J connectivity index is 1.71. The van der Waals surface area contributed by atoms with Crippen molar-refractivity contribution in [2.75, 3.05) is 5.75 Å². The van der Waals surface area contributed by atoms with Gasteiger partial charge in [0, 0.05) is 18.1 Å². The van der Waals surface area contributed by atoms with Gasteiger partial charge in [0.1, 0.15) is 11.6 Å². The maximum Gasteiger partial charge on any atom is 0.208 e. The topological polar surface area (TPSA) is 58.6 Å². The first-order chi connectivity index (χ1) is 7.25. The predicted molar refractivity (Wildman–Crippen MR) is 59.0 cm³/mol. The van der Waals surface area contributed by atoms with Crippen LogP contribution in [0.3, 0.4) is 0 Å². The van der Waals surface area contributed by atoms with Gasteiger partial charge in [-0.15, -0.1) is 5.10 Å². The van der Waals surface area contributed by atoms with Gasteiger partial charge in [0.15, 0.2) is 0 Å². The third kappa shape index (κ3) is 3.34. The van der Waals surface area contributed by atoms with Gasteiger partial charge in [0.05, 0.1) is 0 Å². The molecule has 0 saturated heterocycles. The molecule has 0 spiro atoms. The number of ketones is 1. The minimum absolute atomic E-state index is 0.254. The molecule has 2 rings (SSSR count). The smallest absolute Gasteiger partial charge is 0.208 e. The van der Waals surface area contributed by atoms with Gasteiger partial charge >= 0.3 is 0 Å². The quantitative estimate of drug-likeness (QED) is 0.595. The molecular weight excluding hydrogens is 210 g/mol. The standard InChI is InChI=1S/C10H15N3OS/c1-7(14)3-2-6-15-10-11-9(12-13-10)8-4-5-8/h8H,2-6H2,1H3,(H,11,12,13). The van der Waals surface area contributed by atoms with Crippen LogP contribution in [0.4, 0.5) is 0 Å². The van der Waals surface area contributed by atoms with E-state index in [1.165, 1.54) is 12.8 Å². The second-order valence-electron chi connectivity index (χ2n) is 3.93. The number of carbonyl (C=O) groups is 1. The molecule has 1 aliphatic carbocycles. The zero-order valence-electron chi connectivity index (χ0n) is 8.82. The third-order valence-electron chi connectivity index (χ3n) is 2.35. The van der Waals surface area contributed by atoms with Crippen molar-refractivity contribution in [1.82, 2.24) is 15.2 Å². The molecule has 1 fully saturated rings. The fourth-order valence-electron chi connectivity index (χ4n) is 1.35. The Morgan fingerprint density at radius 2 is 2.40 bits per heavy atom. The minimum Gasteiger partial charge on any atom is -0.300 e. The largest absolute Gasteiger partial charge is 0.300 e. The second kappa shape index (κ2) is 4.79. The number of hydrogen-bond acceptors (Lipinski definition) is 4. The van der Waals surface area contributed by atoms with Crippen LogP contribution in [0.1, 0.15) is 44.3 Å².